The summed E-state index contributed by atoms with van der Waals surface area (Å²) >= 11 is 0. The molecule has 10 nitrogen and oxygen atoms in total. The van der Waals surface area contributed by atoms with E-state index in [2.05, 4.69) is 36.4 Å². The van der Waals surface area contributed by atoms with E-state index in [0.717, 1.165) is 48.7 Å². The Morgan fingerprint density at radius 2 is 1.02 bits per heavy atom. The Labute approximate surface area is 323 Å². The van der Waals surface area contributed by atoms with Gasteiger partial charge in [-0.05, 0) is 91.1 Å². The highest BCUT2D eigenvalue weighted by atomic mass is 17.2. The molecule has 0 atom stereocenters. The minimum Gasteiger partial charge on any atom is -0.460 e. The fourth-order valence-corrected chi connectivity index (χ4v) is 6.44. The smallest absolute Gasteiger partial charge is 0.338 e. The maximum Gasteiger partial charge on any atom is 0.338 e. The monoisotopic (exact) mass is 752 g/mol. The van der Waals surface area contributed by atoms with Gasteiger partial charge in [-0.25, -0.2) is 19.4 Å². The lowest BCUT2D eigenvalue weighted by Gasteiger charge is -2.12. The Balaban J connectivity index is 0.753. The van der Waals surface area contributed by atoms with Gasteiger partial charge in [0.25, 0.3) is 0 Å². The van der Waals surface area contributed by atoms with Gasteiger partial charge in [-0.2, -0.15) is 0 Å². The van der Waals surface area contributed by atoms with Crippen LogP contribution in [0.25, 0.3) is 43.1 Å². The second-order valence-electron chi connectivity index (χ2n) is 12.9. The number of benzene rings is 7. The molecular formula is C46H40O10. The molecule has 0 radical (unpaired) electrons. The first-order valence-corrected chi connectivity index (χ1v) is 18.4. The molecule has 0 amide bonds. The van der Waals surface area contributed by atoms with Crippen LogP contribution in [0.5, 0.6) is 5.75 Å². The van der Waals surface area contributed by atoms with E-state index in [4.69, 9.17) is 33.5 Å². The zero-order valence-electron chi connectivity index (χ0n) is 30.6. The molecular weight excluding hydrogens is 712 g/mol. The second kappa shape index (κ2) is 18.9. The van der Waals surface area contributed by atoms with Crippen LogP contribution in [0.1, 0.15) is 32.7 Å². The third-order valence-electron chi connectivity index (χ3n) is 9.12. The summed E-state index contributed by atoms with van der Waals surface area (Å²) in [5.41, 5.74) is 1.75. The van der Waals surface area contributed by atoms with Crippen molar-refractivity contribution in [3.63, 3.8) is 0 Å². The van der Waals surface area contributed by atoms with Crippen LogP contribution in [0, 0.1) is 0 Å². The minimum absolute atomic E-state index is 0.00327. The molecule has 0 aliphatic carbocycles. The van der Waals surface area contributed by atoms with Crippen LogP contribution in [-0.4, -0.2) is 64.2 Å². The average molecular weight is 753 g/mol. The highest BCUT2D eigenvalue weighted by Gasteiger charge is 2.14. The number of fused-ring (bicyclic) bond motifs is 4. The van der Waals surface area contributed by atoms with Crippen LogP contribution < -0.4 is 4.74 Å². The maximum absolute atomic E-state index is 12.8. The summed E-state index contributed by atoms with van der Waals surface area (Å²) in [6, 6.07) is 42.2. The van der Waals surface area contributed by atoms with Gasteiger partial charge in [0.2, 0.25) is 0 Å². The minimum atomic E-state index is -0.597. The Morgan fingerprint density at radius 3 is 1.77 bits per heavy atom. The van der Waals surface area contributed by atoms with Crippen LogP contribution in [0.15, 0.2) is 133 Å². The summed E-state index contributed by atoms with van der Waals surface area (Å²) in [4.78, 5) is 48.7. The Morgan fingerprint density at radius 1 is 0.446 bits per heavy atom. The van der Waals surface area contributed by atoms with E-state index in [1.165, 1.54) is 6.07 Å². The predicted octanol–water partition coefficient (Wildman–Crippen LogP) is 8.79. The number of carbonyl (C=O) groups excluding carboxylic acids is 3. The quantitative estimate of drug-likeness (QED) is 0.0210. The van der Waals surface area contributed by atoms with Gasteiger partial charge in [0.05, 0.1) is 44.0 Å². The summed E-state index contributed by atoms with van der Waals surface area (Å²) < 4.78 is 27.1. The molecule has 0 fully saturated rings. The SMILES string of the molecule is O=C(CCOCCOOCc1c2ccccc2cc2ccccc12)Oc1cccc(C(=O)OCCOCCOC(=O)c2cccc3cc4ccccc4cc23)c1. The van der Waals surface area contributed by atoms with E-state index in [1.807, 2.05) is 66.7 Å². The van der Waals surface area contributed by atoms with Crippen molar-refractivity contribution in [3.8, 4) is 5.75 Å². The first-order valence-electron chi connectivity index (χ1n) is 18.4. The van der Waals surface area contributed by atoms with E-state index in [0.29, 0.717) is 5.56 Å². The highest BCUT2D eigenvalue weighted by molar-refractivity contribution is 6.09. The molecule has 0 bridgehead atoms. The molecule has 0 spiro atoms. The van der Waals surface area contributed by atoms with Crippen molar-refractivity contribution in [2.45, 2.75) is 13.0 Å². The van der Waals surface area contributed by atoms with Gasteiger partial charge in [-0.1, -0.05) is 91.0 Å². The fourth-order valence-electron chi connectivity index (χ4n) is 6.44. The molecule has 0 aromatic heterocycles. The van der Waals surface area contributed by atoms with Crippen LogP contribution in [-0.2, 0) is 40.1 Å². The Bertz CT molecular complexity index is 2420. The van der Waals surface area contributed by atoms with Gasteiger partial charge < -0.3 is 23.7 Å². The van der Waals surface area contributed by atoms with Crippen molar-refractivity contribution in [2.24, 2.45) is 0 Å². The standard InChI is InChI=1S/C46H40O10/c47-44(19-20-50-23-26-54-55-31-43-39-16-5-3-11-34(39)28-35-12-4-6-17-40(35)43)56-38-15-7-14-37(29-38)45(48)52-24-21-51-22-25-53-46(49)41-18-8-13-36-27-32-9-1-2-10-33(32)30-42(36)41/h1-18,27-30H,19-26,31H2. The van der Waals surface area contributed by atoms with E-state index < -0.39 is 17.9 Å². The van der Waals surface area contributed by atoms with Gasteiger partial charge in [-0.3, -0.25) is 4.79 Å². The number of esters is 3. The predicted molar refractivity (Wildman–Crippen MR) is 213 cm³/mol. The largest absolute Gasteiger partial charge is 0.460 e. The molecule has 7 rings (SSSR count). The van der Waals surface area contributed by atoms with E-state index in [9.17, 15) is 14.4 Å². The second-order valence-corrected chi connectivity index (χ2v) is 12.9. The summed E-state index contributed by atoms with van der Waals surface area (Å²) in [6.45, 7) is 1.08. The zero-order chi connectivity index (χ0) is 38.5. The molecule has 7 aromatic rings. The number of carbonyl (C=O) groups is 3. The molecule has 7 aromatic carbocycles. The van der Waals surface area contributed by atoms with Crippen molar-refractivity contribution < 1.29 is 47.8 Å². The molecule has 56 heavy (non-hydrogen) atoms. The number of hydrogen-bond donors (Lipinski definition) is 0. The number of hydrogen-bond acceptors (Lipinski definition) is 10. The normalized spacial score (nSPS) is 11.3. The van der Waals surface area contributed by atoms with Crippen molar-refractivity contribution in [3.05, 3.63) is 150 Å². The molecule has 0 heterocycles. The lowest BCUT2D eigenvalue weighted by Crippen LogP contribution is -2.15. The zero-order valence-corrected chi connectivity index (χ0v) is 30.6. The van der Waals surface area contributed by atoms with Crippen LogP contribution in [0.3, 0.4) is 0 Å². The maximum atomic E-state index is 12.8. The van der Waals surface area contributed by atoms with Crippen LogP contribution in [0.4, 0.5) is 0 Å². The summed E-state index contributed by atoms with van der Waals surface area (Å²) in [7, 11) is 0. The van der Waals surface area contributed by atoms with Gasteiger partial charge in [0.15, 0.2) is 0 Å². The van der Waals surface area contributed by atoms with E-state index in [-0.39, 0.29) is 70.6 Å². The molecule has 0 unspecified atom stereocenters. The molecule has 0 aliphatic rings. The van der Waals surface area contributed by atoms with Gasteiger partial charge in [-0.15, -0.1) is 0 Å². The topological polar surface area (TPSA) is 116 Å². The van der Waals surface area contributed by atoms with Crippen molar-refractivity contribution in [2.75, 3.05) is 46.2 Å². The van der Waals surface area contributed by atoms with Crippen molar-refractivity contribution in [1.29, 1.82) is 0 Å². The third kappa shape index (κ3) is 9.73. The van der Waals surface area contributed by atoms with Gasteiger partial charge in [0, 0.05) is 0 Å². The molecule has 0 saturated heterocycles. The van der Waals surface area contributed by atoms with Crippen molar-refractivity contribution in [1.82, 2.24) is 0 Å². The number of ether oxygens (including phenoxy) is 5. The summed E-state index contributed by atoms with van der Waals surface area (Å²) in [5, 5.41) is 8.40. The highest BCUT2D eigenvalue weighted by Crippen LogP contribution is 2.29. The van der Waals surface area contributed by atoms with Crippen LogP contribution in [0.2, 0.25) is 0 Å². The van der Waals surface area contributed by atoms with Gasteiger partial charge in [0.1, 0.15) is 32.2 Å². The van der Waals surface area contributed by atoms with E-state index in [1.54, 1.807) is 24.3 Å². The average Bonchev–Trinajstić information content (AvgIpc) is 3.22. The molecule has 284 valence electrons. The van der Waals surface area contributed by atoms with Gasteiger partial charge >= 0.3 is 17.9 Å². The summed E-state index contributed by atoms with van der Waals surface area (Å²) in [6.07, 6.45) is 0.00327. The molecule has 0 N–H and O–H groups in total. The Hall–Kier alpha value is -6.17. The molecule has 10 heteroatoms. The van der Waals surface area contributed by atoms with E-state index >= 15 is 0 Å². The van der Waals surface area contributed by atoms with Crippen molar-refractivity contribution >= 4 is 61.0 Å². The number of rotatable bonds is 18. The molecule has 0 aliphatic heterocycles. The molecule has 0 saturated carbocycles. The summed E-state index contributed by atoms with van der Waals surface area (Å²) in [5.74, 6) is -1.34. The lowest BCUT2D eigenvalue weighted by atomic mass is 9.97. The third-order valence-corrected chi connectivity index (χ3v) is 9.12. The fraction of sp³-hybridized carbons (Fsp3) is 0.196. The first kappa shape index (κ1) is 38.1. The Kier molecular flexibility index (Phi) is 12.9. The lowest BCUT2D eigenvalue weighted by molar-refractivity contribution is -0.307. The first-order chi connectivity index (χ1) is 27.5. The van der Waals surface area contributed by atoms with Crippen LogP contribution >= 0.6 is 0 Å².